The molecule has 5 rings (SSSR count). The Hall–Kier alpha value is -3.75. The molecule has 1 saturated heterocycles. The van der Waals surface area contributed by atoms with E-state index < -0.39 is 69.8 Å². The lowest BCUT2D eigenvalue weighted by Crippen LogP contribution is -2.75. The van der Waals surface area contributed by atoms with Gasteiger partial charge in [-0.25, -0.2) is 23.9 Å². The molecule has 0 bridgehead atoms. The van der Waals surface area contributed by atoms with Gasteiger partial charge in [0.1, 0.15) is 31.0 Å². The number of halogens is 3. The van der Waals surface area contributed by atoms with Gasteiger partial charge in [0.2, 0.25) is 9.17 Å². The lowest BCUT2D eigenvalue weighted by Gasteiger charge is -2.49. The minimum absolute atomic E-state index is 0.0866. The van der Waals surface area contributed by atoms with Crippen LogP contribution in [0.2, 0.25) is 0 Å². The van der Waals surface area contributed by atoms with Gasteiger partial charge in [-0.05, 0) is 22.3 Å². The van der Waals surface area contributed by atoms with Crippen LogP contribution in [0.4, 0.5) is 9.59 Å². The number of alkyl carbamates (subject to hydrolysis) is 1. The van der Waals surface area contributed by atoms with Crippen molar-refractivity contribution in [2.24, 2.45) is 0 Å². The topological polar surface area (TPSA) is 152 Å². The number of rotatable bonds is 8. The summed E-state index contributed by atoms with van der Waals surface area (Å²) in [6.07, 6.45) is 1.19. The van der Waals surface area contributed by atoms with Crippen LogP contribution in [-0.2, 0) is 35.0 Å². The normalized spacial score (nSPS) is 19.6. The van der Waals surface area contributed by atoms with E-state index in [1.54, 1.807) is 48.5 Å². The second-order valence-corrected chi connectivity index (χ2v) is 13.6. The van der Waals surface area contributed by atoms with Crippen LogP contribution in [0.25, 0.3) is 0 Å². The van der Waals surface area contributed by atoms with Gasteiger partial charge in [0.15, 0.2) is 12.1 Å². The van der Waals surface area contributed by atoms with Crippen LogP contribution in [-0.4, -0.2) is 77.2 Å². The quantitative estimate of drug-likeness (QED) is 0.123. The van der Waals surface area contributed by atoms with Crippen molar-refractivity contribution in [2.45, 2.75) is 21.3 Å². The van der Waals surface area contributed by atoms with Crippen LogP contribution in [0, 0.1) is 0 Å². The summed E-state index contributed by atoms with van der Waals surface area (Å²) in [7, 11) is 0. The molecule has 12 nitrogen and oxygen atoms in total. The molecule has 1 N–H and O–H groups in total. The molecule has 0 spiro atoms. The number of nitrogens with one attached hydrogen (secondary N) is 1. The van der Waals surface area contributed by atoms with E-state index in [2.05, 4.69) is 10.3 Å². The zero-order valence-corrected chi connectivity index (χ0v) is 25.6. The zero-order valence-electron chi connectivity index (χ0n) is 22.5. The highest BCUT2D eigenvalue weighted by atomic mass is 35.6. The number of alkyl halides is 3. The predicted octanol–water partition coefficient (Wildman–Crippen LogP) is 3.85. The van der Waals surface area contributed by atoms with Crippen LogP contribution >= 0.6 is 34.8 Å². The molecule has 0 saturated carbocycles. The number of benzene rings is 2. The number of β-lactam (4-membered cyclic amide) rings is 1. The van der Waals surface area contributed by atoms with E-state index in [1.807, 2.05) is 12.1 Å². The standard InChI is InChI=1S/C28H23Cl3N4O8S/c29-28(30,31)15-42-26(38)33-20-23(36)35-21(19(14-44(40)24(20)35)13-41-27(39)34-12-11-32-16-34)25(37)43-22(17-7-3-1-4-8-17)18-9-5-2-6-10-18/h1-12,16,20,22,24H,13-15H2,(H,33,38)/t20?,24-,44?/m0/s1. The highest BCUT2D eigenvalue weighted by Crippen LogP contribution is 2.39. The number of aromatic nitrogens is 2. The SMILES string of the molecule is O=C(NC1C(=O)N2C(C(=O)OC(c3ccccc3)c3ccccc3)=C(COC(=O)n3ccnc3)C[S+]([O-])[C@@H]12)OCC(Cl)(Cl)Cl. The Morgan fingerprint density at radius 3 is 2.25 bits per heavy atom. The molecule has 1 fully saturated rings. The highest BCUT2D eigenvalue weighted by Gasteiger charge is 2.61. The molecule has 1 aromatic heterocycles. The predicted molar refractivity (Wildman–Crippen MR) is 159 cm³/mol. The number of imidazole rings is 1. The molecule has 3 atom stereocenters. The van der Waals surface area contributed by atoms with Gasteiger partial charge in [-0.2, -0.15) is 0 Å². The molecule has 2 amide bonds. The average Bonchev–Trinajstić information content (AvgIpc) is 3.56. The van der Waals surface area contributed by atoms with E-state index in [1.165, 1.54) is 18.7 Å². The van der Waals surface area contributed by atoms with E-state index in [9.17, 15) is 23.7 Å². The lowest BCUT2D eigenvalue weighted by atomic mass is 10.0. The zero-order chi connectivity index (χ0) is 31.4. The molecule has 3 aromatic rings. The van der Waals surface area contributed by atoms with Gasteiger partial charge in [-0.15, -0.1) is 0 Å². The monoisotopic (exact) mass is 680 g/mol. The fourth-order valence-corrected chi connectivity index (χ4v) is 6.44. The molecule has 2 aliphatic rings. The minimum Gasteiger partial charge on any atom is -0.614 e. The number of carbonyl (C=O) groups is 4. The van der Waals surface area contributed by atoms with E-state index >= 15 is 0 Å². The van der Waals surface area contributed by atoms with Gasteiger partial charge in [-0.3, -0.25) is 9.69 Å². The summed E-state index contributed by atoms with van der Waals surface area (Å²) in [6, 6.07) is 16.6. The fourth-order valence-electron chi connectivity index (χ4n) is 4.61. The van der Waals surface area contributed by atoms with Crippen molar-refractivity contribution in [3.8, 4) is 0 Å². The summed E-state index contributed by atoms with van der Waals surface area (Å²) >= 11 is 15.0. The largest absolute Gasteiger partial charge is 0.614 e. The number of nitrogens with zero attached hydrogens (tertiary/aromatic N) is 3. The number of fused-ring (bicyclic) bond motifs is 1. The van der Waals surface area contributed by atoms with Gasteiger partial charge in [0, 0.05) is 18.0 Å². The van der Waals surface area contributed by atoms with Gasteiger partial charge in [0.25, 0.3) is 5.91 Å². The summed E-state index contributed by atoms with van der Waals surface area (Å²) in [5.74, 6) is -1.96. The van der Waals surface area contributed by atoms with E-state index in [4.69, 9.17) is 49.0 Å². The summed E-state index contributed by atoms with van der Waals surface area (Å²) in [5, 5.41) is 1.16. The maximum atomic E-state index is 13.9. The third-order valence-corrected chi connectivity index (χ3v) is 8.54. The van der Waals surface area contributed by atoms with Crippen molar-refractivity contribution in [3.05, 3.63) is 102 Å². The molecule has 0 aliphatic carbocycles. The van der Waals surface area contributed by atoms with Crippen LogP contribution < -0.4 is 5.32 Å². The molecule has 2 aromatic carbocycles. The Labute approximate surface area is 269 Å². The number of hydrogen-bond donors (Lipinski definition) is 1. The smallest absolute Gasteiger partial charge is 0.419 e. The van der Waals surface area contributed by atoms with Crippen molar-refractivity contribution in [1.82, 2.24) is 19.8 Å². The molecule has 0 radical (unpaired) electrons. The van der Waals surface area contributed by atoms with Crippen LogP contribution in [0.5, 0.6) is 0 Å². The summed E-state index contributed by atoms with van der Waals surface area (Å²) in [4.78, 5) is 56.9. The Bertz CT molecular complexity index is 1510. The van der Waals surface area contributed by atoms with Crippen molar-refractivity contribution >= 4 is 70.0 Å². The van der Waals surface area contributed by atoms with Crippen LogP contribution in [0.1, 0.15) is 17.2 Å². The first kappa shape index (κ1) is 31.7. The van der Waals surface area contributed by atoms with Gasteiger partial charge >= 0.3 is 18.2 Å². The maximum Gasteiger partial charge on any atom is 0.419 e. The molecule has 2 unspecified atom stereocenters. The van der Waals surface area contributed by atoms with Crippen molar-refractivity contribution in [2.75, 3.05) is 19.0 Å². The third-order valence-electron chi connectivity index (χ3n) is 6.55. The van der Waals surface area contributed by atoms with Gasteiger partial charge < -0.3 is 24.1 Å². The Balaban J connectivity index is 1.44. The van der Waals surface area contributed by atoms with Crippen LogP contribution in [0.3, 0.4) is 0 Å². The summed E-state index contributed by atoms with van der Waals surface area (Å²) < 4.78 is 28.7. The van der Waals surface area contributed by atoms with Crippen molar-refractivity contribution in [3.63, 3.8) is 0 Å². The van der Waals surface area contributed by atoms with Crippen molar-refractivity contribution in [1.29, 1.82) is 0 Å². The van der Waals surface area contributed by atoms with Gasteiger partial charge in [0.05, 0.1) is 0 Å². The first-order valence-electron chi connectivity index (χ1n) is 12.9. The molecule has 16 heteroatoms. The maximum absolute atomic E-state index is 13.9. The van der Waals surface area contributed by atoms with Crippen molar-refractivity contribution < 1.29 is 37.9 Å². The van der Waals surface area contributed by atoms with E-state index in [0.29, 0.717) is 11.1 Å². The molecular formula is C28H23Cl3N4O8S. The van der Waals surface area contributed by atoms with Gasteiger partial charge in [-0.1, -0.05) is 95.5 Å². The minimum atomic E-state index is -1.89. The molecule has 3 heterocycles. The highest BCUT2D eigenvalue weighted by molar-refractivity contribution is 7.92. The fraction of sp³-hybridized carbons (Fsp3) is 0.250. The number of carbonyl (C=O) groups excluding carboxylic acids is 4. The second kappa shape index (κ2) is 13.5. The Morgan fingerprint density at radius 2 is 1.68 bits per heavy atom. The average molecular weight is 682 g/mol. The summed E-state index contributed by atoms with van der Waals surface area (Å²) in [5.41, 5.74) is 1.15. The summed E-state index contributed by atoms with van der Waals surface area (Å²) in [6.45, 7) is -1.08. The molecular weight excluding hydrogens is 659 g/mol. The number of hydrogen-bond acceptors (Lipinski definition) is 9. The number of esters is 1. The first-order chi connectivity index (χ1) is 21.0. The van der Waals surface area contributed by atoms with Crippen LogP contribution in [0.15, 0.2) is 90.7 Å². The first-order valence-corrected chi connectivity index (χ1v) is 15.4. The molecule has 44 heavy (non-hydrogen) atoms. The molecule has 230 valence electrons. The van der Waals surface area contributed by atoms with E-state index in [0.717, 1.165) is 9.47 Å². The second-order valence-electron chi connectivity index (χ2n) is 9.52. The van der Waals surface area contributed by atoms with E-state index in [-0.39, 0.29) is 17.0 Å². The Morgan fingerprint density at radius 1 is 1.05 bits per heavy atom. The number of ether oxygens (including phenoxy) is 3. The third kappa shape index (κ3) is 7.13. The lowest BCUT2D eigenvalue weighted by molar-refractivity contribution is -0.154. The Kier molecular flexibility index (Phi) is 9.71. The number of amides is 2. The molecule has 2 aliphatic heterocycles.